The summed E-state index contributed by atoms with van der Waals surface area (Å²) in [6, 6.07) is 10.7. The molecule has 0 saturated carbocycles. The van der Waals surface area contributed by atoms with Crippen LogP contribution < -0.4 is 10.1 Å². The van der Waals surface area contributed by atoms with Crippen molar-refractivity contribution in [3.8, 4) is 5.75 Å². The third kappa shape index (κ3) is 4.48. The lowest BCUT2D eigenvalue weighted by molar-refractivity contribution is 0.336. The highest BCUT2D eigenvalue weighted by Crippen LogP contribution is 2.35. The summed E-state index contributed by atoms with van der Waals surface area (Å²) in [4.78, 5) is 0. The van der Waals surface area contributed by atoms with Gasteiger partial charge in [0.2, 0.25) is 0 Å². The van der Waals surface area contributed by atoms with E-state index >= 15 is 0 Å². The van der Waals surface area contributed by atoms with Gasteiger partial charge in [-0.3, -0.25) is 0 Å². The maximum atomic E-state index is 5.60. The van der Waals surface area contributed by atoms with Gasteiger partial charge in [0.1, 0.15) is 5.75 Å². The summed E-state index contributed by atoms with van der Waals surface area (Å²) in [5.41, 5.74) is 4.88. The van der Waals surface area contributed by atoms with Crippen LogP contribution in [0.1, 0.15) is 23.6 Å². The van der Waals surface area contributed by atoms with Crippen molar-refractivity contribution in [3.05, 3.63) is 56.0 Å². The summed E-state index contributed by atoms with van der Waals surface area (Å²) in [7, 11) is 0. The van der Waals surface area contributed by atoms with Gasteiger partial charge in [0.25, 0.3) is 0 Å². The normalized spacial score (nSPS) is 10.5. The fraction of sp³-hybridized carbons (Fsp3) is 0.294. The van der Waals surface area contributed by atoms with Crippen LogP contribution in [0, 0.1) is 13.8 Å². The number of aryl methyl sites for hydroxylation is 2. The highest BCUT2D eigenvalue weighted by Gasteiger charge is 2.08. The van der Waals surface area contributed by atoms with Crippen LogP contribution in [0.2, 0.25) is 0 Å². The Kier molecular flexibility index (Phi) is 5.71. The number of anilines is 1. The average molecular weight is 413 g/mol. The SMILES string of the molecule is CCOc1c(Br)cc(CNc2cc(C)cc(C)c2)cc1Br. The maximum Gasteiger partial charge on any atom is 0.147 e. The van der Waals surface area contributed by atoms with Crippen molar-refractivity contribution in [2.45, 2.75) is 27.3 Å². The molecule has 0 aliphatic rings. The first-order chi connectivity index (χ1) is 9.99. The van der Waals surface area contributed by atoms with Gasteiger partial charge in [-0.2, -0.15) is 0 Å². The van der Waals surface area contributed by atoms with Crippen LogP contribution in [0.3, 0.4) is 0 Å². The van der Waals surface area contributed by atoms with Crippen molar-refractivity contribution in [1.29, 1.82) is 0 Å². The Morgan fingerprint density at radius 1 is 0.952 bits per heavy atom. The lowest BCUT2D eigenvalue weighted by Gasteiger charge is -2.13. The maximum absolute atomic E-state index is 5.60. The van der Waals surface area contributed by atoms with Gasteiger partial charge < -0.3 is 10.1 Å². The highest BCUT2D eigenvalue weighted by atomic mass is 79.9. The molecule has 0 saturated heterocycles. The Hall–Kier alpha value is -1.00. The van der Waals surface area contributed by atoms with Crippen LogP contribution in [0.5, 0.6) is 5.75 Å². The molecule has 21 heavy (non-hydrogen) atoms. The largest absolute Gasteiger partial charge is 0.492 e. The van der Waals surface area contributed by atoms with E-state index in [1.54, 1.807) is 0 Å². The van der Waals surface area contributed by atoms with Crippen molar-refractivity contribution in [1.82, 2.24) is 0 Å². The predicted octanol–water partition coefficient (Wildman–Crippen LogP) is 5.84. The molecule has 0 radical (unpaired) electrons. The van der Waals surface area contributed by atoms with E-state index in [1.165, 1.54) is 16.7 Å². The number of rotatable bonds is 5. The number of nitrogens with one attached hydrogen (secondary N) is 1. The molecule has 1 N–H and O–H groups in total. The quantitative estimate of drug-likeness (QED) is 0.665. The van der Waals surface area contributed by atoms with Crippen molar-refractivity contribution in [3.63, 3.8) is 0 Å². The summed E-state index contributed by atoms with van der Waals surface area (Å²) in [6.07, 6.45) is 0. The first-order valence-electron chi connectivity index (χ1n) is 6.92. The van der Waals surface area contributed by atoms with Crippen molar-refractivity contribution in [2.75, 3.05) is 11.9 Å². The molecule has 112 valence electrons. The lowest BCUT2D eigenvalue weighted by atomic mass is 10.1. The molecule has 0 fully saturated rings. The van der Waals surface area contributed by atoms with Crippen molar-refractivity contribution in [2.24, 2.45) is 0 Å². The summed E-state index contributed by atoms with van der Waals surface area (Å²) in [6.45, 7) is 7.63. The summed E-state index contributed by atoms with van der Waals surface area (Å²) >= 11 is 7.13. The molecule has 4 heteroatoms. The van der Waals surface area contributed by atoms with Gasteiger partial charge in [-0.15, -0.1) is 0 Å². The summed E-state index contributed by atoms with van der Waals surface area (Å²) in [5.74, 6) is 0.854. The Morgan fingerprint density at radius 2 is 1.52 bits per heavy atom. The van der Waals surface area contributed by atoms with E-state index in [0.717, 1.165) is 26.9 Å². The third-order valence-electron chi connectivity index (χ3n) is 3.07. The van der Waals surface area contributed by atoms with Gasteiger partial charge in [-0.1, -0.05) is 6.07 Å². The van der Waals surface area contributed by atoms with Gasteiger partial charge in [-0.25, -0.2) is 0 Å². The first kappa shape index (κ1) is 16.4. The van der Waals surface area contributed by atoms with Gasteiger partial charge in [0.15, 0.2) is 0 Å². The van der Waals surface area contributed by atoms with E-state index in [9.17, 15) is 0 Å². The monoisotopic (exact) mass is 411 g/mol. The molecule has 2 nitrogen and oxygen atoms in total. The highest BCUT2D eigenvalue weighted by molar-refractivity contribution is 9.11. The number of halogens is 2. The van der Waals surface area contributed by atoms with Gasteiger partial charge in [0.05, 0.1) is 15.6 Å². The van der Waals surface area contributed by atoms with Crippen molar-refractivity contribution >= 4 is 37.5 Å². The Labute approximate surface area is 143 Å². The fourth-order valence-electron chi connectivity index (χ4n) is 2.28. The summed E-state index contributed by atoms with van der Waals surface area (Å²) < 4.78 is 7.54. The minimum Gasteiger partial charge on any atom is -0.492 e. The lowest BCUT2D eigenvalue weighted by Crippen LogP contribution is -2.01. The molecule has 0 aromatic heterocycles. The second-order valence-electron chi connectivity index (χ2n) is 5.05. The molecule has 0 spiro atoms. The van der Waals surface area contributed by atoms with E-state index in [-0.39, 0.29) is 0 Å². The molecule has 0 unspecified atom stereocenters. The minimum atomic E-state index is 0.650. The Bertz CT molecular complexity index is 597. The zero-order valence-electron chi connectivity index (χ0n) is 12.5. The molecular formula is C17H19Br2NO. The molecule has 2 rings (SSSR count). The first-order valence-corrected chi connectivity index (χ1v) is 8.51. The van der Waals surface area contributed by atoms with E-state index in [2.05, 4.69) is 81.4 Å². The topological polar surface area (TPSA) is 21.3 Å². The van der Waals surface area contributed by atoms with E-state index in [1.807, 2.05) is 6.92 Å². The van der Waals surface area contributed by atoms with Crippen LogP contribution >= 0.6 is 31.9 Å². The van der Waals surface area contributed by atoms with Gasteiger partial charge >= 0.3 is 0 Å². The van der Waals surface area contributed by atoms with Gasteiger partial charge in [0, 0.05) is 12.2 Å². The van der Waals surface area contributed by atoms with Crippen LogP contribution in [0.15, 0.2) is 39.3 Å². The third-order valence-corrected chi connectivity index (χ3v) is 4.24. The molecular weight excluding hydrogens is 394 g/mol. The van der Waals surface area contributed by atoms with Crippen LogP contribution in [-0.4, -0.2) is 6.61 Å². The fourth-order valence-corrected chi connectivity index (χ4v) is 3.79. The van der Waals surface area contributed by atoms with E-state index < -0.39 is 0 Å². The zero-order valence-corrected chi connectivity index (χ0v) is 15.6. The molecule has 0 atom stereocenters. The average Bonchev–Trinajstić information content (AvgIpc) is 2.39. The molecule has 0 aliphatic carbocycles. The van der Waals surface area contributed by atoms with Crippen molar-refractivity contribution < 1.29 is 4.74 Å². The van der Waals surface area contributed by atoms with Crippen LogP contribution in [-0.2, 0) is 6.54 Å². The number of hydrogen-bond acceptors (Lipinski definition) is 2. The van der Waals surface area contributed by atoms with E-state index in [0.29, 0.717) is 6.61 Å². The molecule has 2 aromatic carbocycles. The Balaban J connectivity index is 2.13. The molecule has 0 bridgehead atoms. The van der Waals surface area contributed by atoms with Crippen LogP contribution in [0.25, 0.3) is 0 Å². The second-order valence-corrected chi connectivity index (χ2v) is 6.76. The number of hydrogen-bond donors (Lipinski definition) is 1. The number of benzene rings is 2. The second kappa shape index (κ2) is 7.32. The smallest absolute Gasteiger partial charge is 0.147 e. The van der Waals surface area contributed by atoms with Crippen LogP contribution in [0.4, 0.5) is 5.69 Å². The molecule has 0 amide bonds. The molecule has 0 aliphatic heterocycles. The standard InChI is InChI=1S/C17H19Br2NO/c1-4-21-17-15(18)8-13(9-16(17)19)10-20-14-6-11(2)5-12(3)7-14/h5-9,20H,4,10H2,1-3H3. The number of ether oxygens (including phenoxy) is 1. The van der Waals surface area contributed by atoms with Gasteiger partial charge in [-0.05, 0) is 93.6 Å². The molecule has 0 heterocycles. The predicted molar refractivity (Wildman–Crippen MR) is 96.3 cm³/mol. The summed E-state index contributed by atoms with van der Waals surface area (Å²) in [5, 5.41) is 3.47. The zero-order chi connectivity index (χ0) is 15.4. The minimum absolute atomic E-state index is 0.650. The van der Waals surface area contributed by atoms with E-state index in [4.69, 9.17) is 4.74 Å². The molecule has 2 aromatic rings. The Morgan fingerprint density at radius 3 is 2.05 bits per heavy atom.